The third kappa shape index (κ3) is 27.5. The molecule has 0 heterocycles. The van der Waals surface area contributed by atoms with Crippen molar-refractivity contribution < 1.29 is 0 Å². The average Bonchev–Trinajstić information content (AvgIpc) is 2.74. The van der Waals surface area contributed by atoms with E-state index < -0.39 is 0 Å². The molecule has 0 spiro atoms. The quantitative estimate of drug-likeness (QED) is 0.111. The van der Waals surface area contributed by atoms with Crippen LogP contribution in [0.25, 0.3) is 0 Å². The first-order valence-electron chi connectivity index (χ1n) is 13.7. The van der Waals surface area contributed by atoms with Gasteiger partial charge in [-0.05, 0) is 51.4 Å². The number of hydrogen-bond donors (Lipinski definition) is 0. The number of rotatable bonds is 24. The van der Waals surface area contributed by atoms with Crippen molar-refractivity contribution in [1.82, 2.24) is 0 Å². The summed E-state index contributed by atoms with van der Waals surface area (Å²) in [6, 6.07) is 0. The second-order valence-corrected chi connectivity index (χ2v) is 9.11. The van der Waals surface area contributed by atoms with Gasteiger partial charge in [-0.3, -0.25) is 0 Å². The van der Waals surface area contributed by atoms with E-state index in [9.17, 15) is 0 Å². The number of allylic oxidation sites excluding steroid dienone is 4. The molecule has 29 heavy (non-hydrogen) atoms. The predicted molar refractivity (Wildman–Crippen MR) is 136 cm³/mol. The summed E-state index contributed by atoms with van der Waals surface area (Å²) in [5, 5.41) is 0. The van der Waals surface area contributed by atoms with Crippen molar-refractivity contribution in [3.8, 4) is 0 Å². The van der Waals surface area contributed by atoms with Crippen LogP contribution in [0.15, 0.2) is 24.3 Å². The first-order valence-corrected chi connectivity index (χ1v) is 13.7. The maximum atomic E-state index is 2.43. The molecule has 0 N–H and O–H groups in total. The molecule has 172 valence electrons. The Kier molecular flexibility index (Phi) is 27.0. The second-order valence-electron chi connectivity index (χ2n) is 9.11. The molecule has 0 aliphatic heterocycles. The Hall–Kier alpha value is -0.520. The predicted octanol–water partition coefficient (Wildman–Crippen LogP) is 11.1. The fraction of sp³-hybridized carbons (Fsp3) is 0.862. The van der Waals surface area contributed by atoms with Crippen LogP contribution >= 0.6 is 0 Å². The van der Waals surface area contributed by atoms with E-state index in [2.05, 4.69) is 38.2 Å². The smallest absolute Gasteiger partial charge is 0.0351 e. The minimum atomic E-state index is 1.30. The maximum absolute atomic E-state index is 2.43. The van der Waals surface area contributed by atoms with Gasteiger partial charge < -0.3 is 0 Å². The van der Waals surface area contributed by atoms with Gasteiger partial charge in [-0.25, -0.2) is 0 Å². The van der Waals surface area contributed by atoms with Crippen molar-refractivity contribution in [1.29, 1.82) is 0 Å². The summed E-state index contributed by atoms with van der Waals surface area (Å²) in [6.07, 6.45) is 41.9. The van der Waals surface area contributed by atoms with Crippen LogP contribution in [0.1, 0.15) is 162 Å². The van der Waals surface area contributed by atoms with Crippen molar-refractivity contribution >= 4 is 0 Å². The van der Waals surface area contributed by atoms with Gasteiger partial charge in [-0.2, -0.15) is 0 Å². The molecule has 0 rings (SSSR count). The van der Waals surface area contributed by atoms with Crippen LogP contribution in [0, 0.1) is 0 Å². The van der Waals surface area contributed by atoms with Crippen molar-refractivity contribution in [3.05, 3.63) is 24.3 Å². The highest BCUT2D eigenvalue weighted by Gasteiger charge is 1.94. The van der Waals surface area contributed by atoms with Gasteiger partial charge in [-0.1, -0.05) is 134 Å². The molecular weight excluding hydrogens is 348 g/mol. The van der Waals surface area contributed by atoms with E-state index in [0.717, 1.165) is 0 Å². The fourth-order valence-corrected chi connectivity index (χ4v) is 3.96. The van der Waals surface area contributed by atoms with Crippen LogP contribution in [0.4, 0.5) is 0 Å². The Labute approximate surface area is 186 Å². The largest absolute Gasteiger partial charge is 0.0885 e. The second kappa shape index (κ2) is 27.5. The molecule has 0 aromatic rings. The molecule has 0 amide bonds. The molecule has 0 heteroatoms. The van der Waals surface area contributed by atoms with Crippen molar-refractivity contribution in [2.45, 2.75) is 162 Å². The molecule has 0 aliphatic carbocycles. The van der Waals surface area contributed by atoms with Crippen molar-refractivity contribution in [2.24, 2.45) is 0 Å². The van der Waals surface area contributed by atoms with Crippen LogP contribution < -0.4 is 0 Å². The molecule has 0 aromatic heterocycles. The SMILES string of the molecule is CCCCC/C=C\CCCCCCCCCCCCCC/C=C\CCCCCC. The summed E-state index contributed by atoms with van der Waals surface area (Å²) in [4.78, 5) is 0. The topological polar surface area (TPSA) is 0 Å². The van der Waals surface area contributed by atoms with Gasteiger partial charge in [0.2, 0.25) is 0 Å². The minimum Gasteiger partial charge on any atom is -0.0885 e. The Morgan fingerprint density at radius 1 is 0.276 bits per heavy atom. The molecule has 0 atom stereocenters. The zero-order valence-corrected chi connectivity index (χ0v) is 20.6. The van der Waals surface area contributed by atoms with Gasteiger partial charge in [0, 0.05) is 0 Å². The Morgan fingerprint density at radius 2 is 0.483 bits per heavy atom. The van der Waals surface area contributed by atoms with E-state index in [4.69, 9.17) is 0 Å². The zero-order valence-electron chi connectivity index (χ0n) is 20.6. The molecule has 0 bridgehead atoms. The Balaban J connectivity index is 3.07. The molecule has 0 unspecified atom stereocenters. The van der Waals surface area contributed by atoms with Crippen LogP contribution in [0.2, 0.25) is 0 Å². The molecular formula is C29H56. The first-order chi connectivity index (χ1) is 14.4. The first kappa shape index (κ1) is 28.5. The minimum absolute atomic E-state index is 1.30. The summed E-state index contributed by atoms with van der Waals surface area (Å²) in [7, 11) is 0. The van der Waals surface area contributed by atoms with Crippen LogP contribution in [-0.2, 0) is 0 Å². The van der Waals surface area contributed by atoms with Crippen LogP contribution in [0.5, 0.6) is 0 Å². The van der Waals surface area contributed by atoms with Crippen LogP contribution in [-0.4, -0.2) is 0 Å². The lowest BCUT2D eigenvalue weighted by Gasteiger charge is -2.02. The van der Waals surface area contributed by atoms with Gasteiger partial charge in [0.05, 0.1) is 0 Å². The lowest BCUT2D eigenvalue weighted by Crippen LogP contribution is -1.83. The van der Waals surface area contributed by atoms with Gasteiger partial charge in [0.1, 0.15) is 0 Å². The van der Waals surface area contributed by atoms with Gasteiger partial charge in [-0.15, -0.1) is 0 Å². The summed E-state index contributed by atoms with van der Waals surface area (Å²) in [5.41, 5.74) is 0. The third-order valence-corrected chi connectivity index (χ3v) is 6.02. The highest BCUT2D eigenvalue weighted by atomic mass is 14.0. The third-order valence-electron chi connectivity index (χ3n) is 6.02. The van der Waals surface area contributed by atoms with E-state index >= 15 is 0 Å². The lowest BCUT2D eigenvalue weighted by molar-refractivity contribution is 0.542. The normalized spacial score (nSPS) is 11.9. The Bertz CT molecular complexity index is 325. The van der Waals surface area contributed by atoms with Gasteiger partial charge >= 0.3 is 0 Å². The Morgan fingerprint density at radius 3 is 0.793 bits per heavy atom. The molecule has 0 fully saturated rings. The highest BCUT2D eigenvalue weighted by molar-refractivity contribution is 4.81. The van der Waals surface area contributed by atoms with E-state index in [-0.39, 0.29) is 0 Å². The van der Waals surface area contributed by atoms with E-state index in [1.165, 1.54) is 148 Å². The summed E-state index contributed by atoms with van der Waals surface area (Å²) >= 11 is 0. The van der Waals surface area contributed by atoms with E-state index in [1.54, 1.807) is 0 Å². The monoisotopic (exact) mass is 404 g/mol. The summed E-state index contributed by atoms with van der Waals surface area (Å²) in [5.74, 6) is 0. The fourth-order valence-electron chi connectivity index (χ4n) is 3.96. The van der Waals surface area contributed by atoms with Crippen molar-refractivity contribution in [3.63, 3.8) is 0 Å². The molecule has 0 saturated heterocycles. The van der Waals surface area contributed by atoms with E-state index in [1.807, 2.05) is 0 Å². The standard InChI is InChI=1S/C29H56/c1-3-5-7-9-11-13-15-17-19-21-23-25-27-29-28-26-24-22-20-18-16-14-12-10-8-6-4-2/h11,13-14,16H,3-10,12,15,17-29H2,1-2H3/b13-11-,16-14-. The summed E-state index contributed by atoms with van der Waals surface area (Å²) < 4.78 is 0. The molecule has 0 aromatic carbocycles. The zero-order chi connectivity index (χ0) is 21.1. The molecule has 0 aliphatic rings. The van der Waals surface area contributed by atoms with Gasteiger partial charge in [0.25, 0.3) is 0 Å². The van der Waals surface area contributed by atoms with E-state index in [0.29, 0.717) is 0 Å². The summed E-state index contributed by atoms with van der Waals surface area (Å²) in [6.45, 7) is 4.56. The van der Waals surface area contributed by atoms with Crippen molar-refractivity contribution in [2.75, 3.05) is 0 Å². The number of hydrogen-bond acceptors (Lipinski definition) is 0. The van der Waals surface area contributed by atoms with Crippen LogP contribution in [0.3, 0.4) is 0 Å². The molecule has 0 nitrogen and oxygen atoms in total. The average molecular weight is 405 g/mol. The van der Waals surface area contributed by atoms with Gasteiger partial charge in [0.15, 0.2) is 0 Å². The molecule has 0 saturated carbocycles. The lowest BCUT2D eigenvalue weighted by atomic mass is 10.0. The maximum Gasteiger partial charge on any atom is -0.0351 e. The number of unbranched alkanes of at least 4 members (excludes halogenated alkanes) is 20. The molecule has 0 radical (unpaired) electrons. The highest BCUT2D eigenvalue weighted by Crippen LogP contribution is 2.13.